The molecule has 0 aromatic heterocycles. The molecule has 0 spiro atoms. The Kier molecular flexibility index (Phi) is 4.11. The first-order valence-electron chi connectivity index (χ1n) is 5.62. The van der Waals surface area contributed by atoms with Crippen LogP contribution in [0.4, 0.5) is 10.1 Å². The van der Waals surface area contributed by atoms with Gasteiger partial charge in [-0.15, -0.1) is 0 Å². The Morgan fingerprint density at radius 3 is 2.47 bits per heavy atom. The van der Waals surface area contributed by atoms with Gasteiger partial charge in [0.25, 0.3) is 0 Å². The Morgan fingerprint density at radius 1 is 1.41 bits per heavy atom. The fourth-order valence-corrected chi connectivity index (χ4v) is 1.94. The zero-order valence-corrected chi connectivity index (χ0v) is 10.7. The number of aliphatic hydroxyl groups is 2. The molecule has 0 fully saturated rings. The Bertz CT molecular complexity index is 385. The number of anilines is 1. The maximum absolute atomic E-state index is 13.6. The molecule has 1 aromatic carbocycles. The van der Waals surface area contributed by atoms with E-state index in [9.17, 15) is 14.6 Å². The number of rotatable bonds is 4. The molecule has 1 rings (SSSR count). The van der Waals surface area contributed by atoms with E-state index in [2.05, 4.69) is 0 Å². The van der Waals surface area contributed by atoms with Crippen LogP contribution in [0.5, 0.6) is 0 Å². The van der Waals surface area contributed by atoms with Crippen molar-refractivity contribution in [2.45, 2.75) is 32.5 Å². The van der Waals surface area contributed by atoms with Gasteiger partial charge in [-0.05, 0) is 32.9 Å². The Labute approximate surface area is 101 Å². The molecule has 0 bridgehead atoms. The molecule has 1 atom stereocenters. The van der Waals surface area contributed by atoms with E-state index in [4.69, 9.17) is 0 Å². The number of halogens is 1. The maximum atomic E-state index is 13.6. The predicted molar refractivity (Wildman–Crippen MR) is 66.6 cm³/mol. The van der Waals surface area contributed by atoms with Crippen LogP contribution in [-0.2, 0) is 0 Å². The summed E-state index contributed by atoms with van der Waals surface area (Å²) >= 11 is 0. The average molecular weight is 241 g/mol. The minimum absolute atomic E-state index is 0.263. The largest absolute Gasteiger partial charge is 0.389 e. The van der Waals surface area contributed by atoms with E-state index in [0.29, 0.717) is 12.2 Å². The second-order valence-corrected chi connectivity index (χ2v) is 5.02. The van der Waals surface area contributed by atoms with Crippen LogP contribution >= 0.6 is 0 Å². The van der Waals surface area contributed by atoms with Crippen molar-refractivity contribution in [3.8, 4) is 0 Å². The molecular formula is C13H20FNO2. The van der Waals surface area contributed by atoms with Gasteiger partial charge in [0.05, 0.1) is 11.7 Å². The average Bonchev–Trinajstić information content (AvgIpc) is 2.13. The summed E-state index contributed by atoms with van der Waals surface area (Å²) in [6.07, 6.45) is -0.879. The molecule has 3 nitrogen and oxygen atoms in total. The van der Waals surface area contributed by atoms with E-state index in [-0.39, 0.29) is 5.56 Å². The highest BCUT2D eigenvalue weighted by Crippen LogP contribution is 2.28. The van der Waals surface area contributed by atoms with Crippen molar-refractivity contribution < 1.29 is 14.6 Å². The number of nitrogens with zero attached hydrogens (tertiary/aromatic N) is 1. The first-order chi connectivity index (χ1) is 7.72. The predicted octanol–water partition coefficient (Wildman–Crippen LogP) is 2.09. The highest BCUT2D eigenvalue weighted by atomic mass is 19.1. The summed E-state index contributed by atoms with van der Waals surface area (Å²) < 4.78 is 13.6. The lowest BCUT2D eigenvalue weighted by atomic mass is 10.0. The van der Waals surface area contributed by atoms with Gasteiger partial charge < -0.3 is 15.1 Å². The van der Waals surface area contributed by atoms with Crippen LogP contribution in [-0.4, -0.2) is 29.4 Å². The molecule has 17 heavy (non-hydrogen) atoms. The van der Waals surface area contributed by atoms with Crippen LogP contribution in [0.1, 0.15) is 32.4 Å². The molecule has 0 saturated carbocycles. The molecule has 0 aliphatic rings. The Hall–Kier alpha value is -1.13. The highest BCUT2D eigenvalue weighted by molar-refractivity contribution is 5.54. The number of benzene rings is 1. The van der Waals surface area contributed by atoms with Crippen LogP contribution in [0.25, 0.3) is 0 Å². The van der Waals surface area contributed by atoms with Crippen molar-refractivity contribution in [2.24, 2.45) is 0 Å². The lowest BCUT2D eigenvalue weighted by Crippen LogP contribution is -2.36. The van der Waals surface area contributed by atoms with Crippen LogP contribution < -0.4 is 4.90 Å². The summed E-state index contributed by atoms with van der Waals surface area (Å²) in [5.41, 5.74) is -0.0156. The van der Waals surface area contributed by atoms with Crippen LogP contribution in [0, 0.1) is 5.82 Å². The second-order valence-electron chi connectivity index (χ2n) is 5.02. The van der Waals surface area contributed by atoms with Gasteiger partial charge in [0.15, 0.2) is 0 Å². The molecular weight excluding hydrogens is 221 g/mol. The van der Waals surface area contributed by atoms with Gasteiger partial charge in [0.1, 0.15) is 5.82 Å². The summed E-state index contributed by atoms with van der Waals surface area (Å²) in [7, 11) is 1.76. The number of hydrogen-bond donors (Lipinski definition) is 2. The normalized spacial score (nSPS) is 13.6. The van der Waals surface area contributed by atoms with Crippen molar-refractivity contribution in [1.82, 2.24) is 0 Å². The summed E-state index contributed by atoms with van der Waals surface area (Å²) in [5.74, 6) is -0.430. The third kappa shape index (κ3) is 3.68. The van der Waals surface area contributed by atoms with Crippen molar-refractivity contribution >= 4 is 5.69 Å². The smallest absolute Gasteiger partial charge is 0.131 e. The van der Waals surface area contributed by atoms with Crippen molar-refractivity contribution in [3.05, 3.63) is 29.6 Å². The van der Waals surface area contributed by atoms with Gasteiger partial charge >= 0.3 is 0 Å². The Morgan fingerprint density at radius 2 is 2.00 bits per heavy atom. The van der Waals surface area contributed by atoms with Gasteiger partial charge in [-0.1, -0.05) is 6.07 Å². The zero-order chi connectivity index (χ0) is 13.2. The number of aliphatic hydroxyl groups excluding tert-OH is 1. The molecule has 0 radical (unpaired) electrons. The van der Waals surface area contributed by atoms with Crippen molar-refractivity contribution in [2.75, 3.05) is 18.5 Å². The standard InChI is InChI=1S/C13H20FNO2/c1-9(16)12-10(14)6-5-7-11(12)15(4)8-13(2,3)17/h5-7,9,16-17H,8H2,1-4H3/t9-/m0/s1. The maximum Gasteiger partial charge on any atom is 0.131 e. The molecule has 2 N–H and O–H groups in total. The molecule has 0 aliphatic heterocycles. The third-order valence-corrected chi connectivity index (χ3v) is 2.48. The fourth-order valence-electron chi connectivity index (χ4n) is 1.94. The third-order valence-electron chi connectivity index (χ3n) is 2.48. The van der Waals surface area contributed by atoms with E-state index in [1.807, 2.05) is 0 Å². The topological polar surface area (TPSA) is 43.7 Å². The quantitative estimate of drug-likeness (QED) is 0.848. The first-order valence-corrected chi connectivity index (χ1v) is 5.62. The van der Waals surface area contributed by atoms with Crippen LogP contribution in [0.2, 0.25) is 0 Å². The van der Waals surface area contributed by atoms with E-state index < -0.39 is 17.5 Å². The number of hydrogen-bond acceptors (Lipinski definition) is 3. The highest BCUT2D eigenvalue weighted by Gasteiger charge is 2.20. The molecule has 96 valence electrons. The van der Waals surface area contributed by atoms with Gasteiger partial charge in [-0.25, -0.2) is 4.39 Å². The molecule has 0 aliphatic carbocycles. The van der Waals surface area contributed by atoms with E-state index in [1.54, 1.807) is 37.9 Å². The van der Waals surface area contributed by atoms with Gasteiger partial charge in [0.2, 0.25) is 0 Å². The SMILES string of the molecule is C[C@H](O)c1c(F)cccc1N(C)CC(C)(C)O. The monoisotopic (exact) mass is 241 g/mol. The molecule has 4 heteroatoms. The minimum atomic E-state index is -0.879. The van der Waals surface area contributed by atoms with Crippen LogP contribution in [0.15, 0.2) is 18.2 Å². The summed E-state index contributed by atoms with van der Waals surface area (Å²) in [4.78, 5) is 1.74. The zero-order valence-electron chi connectivity index (χ0n) is 10.7. The Balaban J connectivity index is 3.09. The van der Waals surface area contributed by atoms with Gasteiger partial charge in [-0.3, -0.25) is 0 Å². The summed E-state index contributed by atoms with van der Waals surface area (Å²) in [5, 5.41) is 19.4. The number of likely N-dealkylation sites (N-methyl/N-ethyl adjacent to an activating group) is 1. The fraction of sp³-hybridized carbons (Fsp3) is 0.538. The first kappa shape index (κ1) is 13.9. The molecule has 1 aromatic rings. The van der Waals surface area contributed by atoms with Crippen molar-refractivity contribution in [3.63, 3.8) is 0 Å². The molecule has 0 unspecified atom stereocenters. The molecule has 0 saturated heterocycles. The van der Waals surface area contributed by atoms with E-state index in [1.165, 1.54) is 13.0 Å². The molecule has 0 heterocycles. The van der Waals surface area contributed by atoms with Crippen LogP contribution in [0.3, 0.4) is 0 Å². The minimum Gasteiger partial charge on any atom is -0.389 e. The van der Waals surface area contributed by atoms with Gasteiger partial charge in [0, 0.05) is 24.8 Å². The molecule has 0 amide bonds. The lowest BCUT2D eigenvalue weighted by Gasteiger charge is -2.29. The lowest BCUT2D eigenvalue weighted by molar-refractivity contribution is 0.0883. The second kappa shape index (κ2) is 5.02. The van der Waals surface area contributed by atoms with Gasteiger partial charge in [-0.2, -0.15) is 0 Å². The van der Waals surface area contributed by atoms with Crippen molar-refractivity contribution in [1.29, 1.82) is 0 Å². The van der Waals surface area contributed by atoms with E-state index >= 15 is 0 Å². The summed E-state index contributed by atoms with van der Waals surface area (Å²) in [6.45, 7) is 5.26. The summed E-state index contributed by atoms with van der Waals surface area (Å²) in [6, 6.07) is 4.65. The van der Waals surface area contributed by atoms with E-state index in [0.717, 1.165) is 0 Å².